The minimum atomic E-state index is -0.740. The molecule has 0 atom stereocenters. The Morgan fingerprint density at radius 1 is 0.417 bits per heavy atom. The smallest absolute Gasteiger partial charge is 0.170 e. The first-order valence-electron chi connectivity index (χ1n) is 15.4. The number of hydrogen-bond acceptors (Lipinski definition) is 7. The molecule has 0 amide bonds. The molecule has 1 heterocycles. The summed E-state index contributed by atoms with van der Waals surface area (Å²) in [6.07, 6.45) is 0. The fourth-order valence-corrected chi connectivity index (χ4v) is 7.37. The Morgan fingerprint density at radius 3 is 1.65 bits per heavy atom. The standard InChI is InChI=1S/C41H26O7/c1-19-35(42)33-34(38(45)36(19)43)37(44)32(39(46)40(33)47)31-25-12-6-4-10-23(25)30(24-11-5-7-13-26(24)31)21-15-17-29-28(18-21)27-16-14-20-8-2-3-9-22(20)41(27)48-29/h2-18,42-47H,1H3. The highest BCUT2D eigenvalue weighted by atomic mass is 16.3. The highest BCUT2D eigenvalue weighted by molar-refractivity contribution is 6.25. The molecule has 0 saturated carbocycles. The van der Waals surface area contributed by atoms with Gasteiger partial charge in [0, 0.05) is 27.3 Å². The molecule has 9 aromatic rings. The predicted molar refractivity (Wildman–Crippen MR) is 189 cm³/mol. The molecule has 0 spiro atoms. The van der Waals surface area contributed by atoms with Gasteiger partial charge in [-0.1, -0.05) is 84.9 Å². The molecular weight excluding hydrogens is 604 g/mol. The average Bonchev–Trinajstić information content (AvgIpc) is 3.49. The summed E-state index contributed by atoms with van der Waals surface area (Å²) < 4.78 is 6.38. The molecule has 0 bridgehead atoms. The van der Waals surface area contributed by atoms with E-state index in [4.69, 9.17) is 4.42 Å². The van der Waals surface area contributed by atoms with Gasteiger partial charge in [0.1, 0.15) is 22.7 Å². The number of phenolic OH excluding ortho intramolecular Hbond substituents is 6. The first kappa shape index (κ1) is 27.7. The Morgan fingerprint density at radius 2 is 0.979 bits per heavy atom. The quantitative estimate of drug-likeness (QED) is 0.0636. The summed E-state index contributed by atoms with van der Waals surface area (Å²) in [6, 6.07) is 33.5. The van der Waals surface area contributed by atoms with Gasteiger partial charge in [0.2, 0.25) is 0 Å². The Bertz CT molecular complexity index is 2810. The van der Waals surface area contributed by atoms with Crippen molar-refractivity contribution in [3.8, 4) is 56.8 Å². The lowest BCUT2D eigenvalue weighted by Crippen LogP contribution is -1.93. The zero-order chi connectivity index (χ0) is 33.0. The second-order valence-electron chi connectivity index (χ2n) is 12.2. The van der Waals surface area contributed by atoms with Crippen LogP contribution in [0.3, 0.4) is 0 Å². The van der Waals surface area contributed by atoms with Gasteiger partial charge < -0.3 is 35.1 Å². The van der Waals surface area contributed by atoms with Gasteiger partial charge in [-0.05, 0) is 63.2 Å². The lowest BCUT2D eigenvalue weighted by Gasteiger charge is -2.21. The van der Waals surface area contributed by atoms with Crippen LogP contribution in [0.1, 0.15) is 5.56 Å². The van der Waals surface area contributed by atoms with Gasteiger partial charge in [0.05, 0.1) is 16.3 Å². The monoisotopic (exact) mass is 630 g/mol. The SMILES string of the molecule is Cc1c(O)c(O)c2c(O)c(-c3c4ccccc4c(-c4ccc5oc6c7ccccc7ccc6c5c4)c4ccccc34)c(O)c(O)c2c1O. The Hall–Kier alpha value is -6.60. The van der Waals surface area contributed by atoms with Crippen LogP contribution in [0.15, 0.2) is 108 Å². The van der Waals surface area contributed by atoms with E-state index in [1.54, 1.807) is 0 Å². The topological polar surface area (TPSA) is 135 Å². The van der Waals surface area contributed by atoms with E-state index in [-0.39, 0.29) is 21.9 Å². The zero-order valence-electron chi connectivity index (χ0n) is 25.4. The van der Waals surface area contributed by atoms with Gasteiger partial charge in [-0.25, -0.2) is 0 Å². The zero-order valence-corrected chi connectivity index (χ0v) is 25.4. The maximum absolute atomic E-state index is 11.7. The van der Waals surface area contributed by atoms with Crippen LogP contribution in [0.5, 0.6) is 34.5 Å². The summed E-state index contributed by atoms with van der Waals surface area (Å²) >= 11 is 0. The van der Waals surface area contributed by atoms with Crippen LogP contribution in [0, 0.1) is 6.92 Å². The fraction of sp³-hybridized carbons (Fsp3) is 0.0244. The van der Waals surface area contributed by atoms with E-state index < -0.39 is 34.5 Å². The van der Waals surface area contributed by atoms with Crippen molar-refractivity contribution in [2.24, 2.45) is 0 Å². The van der Waals surface area contributed by atoms with Crippen molar-refractivity contribution < 1.29 is 35.1 Å². The van der Waals surface area contributed by atoms with Gasteiger partial charge >= 0.3 is 0 Å². The number of hydrogen-bond donors (Lipinski definition) is 6. The molecule has 0 aliphatic carbocycles. The molecule has 1 aromatic heterocycles. The highest BCUT2D eigenvalue weighted by Gasteiger charge is 2.30. The van der Waals surface area contributed by atoms with Crippen molar-refractivity contribution in [3.05, 3.63) is 109 Å². The average molecular weight is 631 g/mol. The van der Waals surface area contributed by atoms with Crippen LogP contribution < -0.4 is 0 Å². The van der Waals surface area contributed by atoms with Crippen molar-refractivity contribution in [1.29, 1.82) is 0 Å². The predicted octanol–water partition coefficient (Wildman–Crippen LogP) is 10.1. The van der Waals surface area contributed by atoms with Crippen LogP contribution in [0.25, 0.3) is 87.3 Å². The normalized spacial score (nSPS) is 11.9. The van der Waals surface area contributed by atoms with Crippen LogP contribution in [0.2, 0.25) is 0 Å². The van der Waals surface area contributed by atoms with E-state index in [0.29, 0.717) is 16.3 Å². The number of rotatable bonds is 2. The minimum absolute atomic E-state index is 0.113. The molecule has 7 nitrogen and oxygen atoms in total. The molecule has 232 valence electrons. The molecule has 8 aromatic carbocycles. The van der Waals surface area contributed by atoms with Gasteiger partial charge in [-0.2, -0.15) is 0 Å². The maximum atomic E-state index is 11.7. The van der Waals surface area contributed by atoms with E-state index in [0.717, 1.165) is 54.6 Å². The molecule has 0 radical (unpaired) electrons. The molecule has 7 heteroatoms. The minimum Gasteiger partial charge on any atom is -0.507 e. The van der Waals surface area contributed by atoms with E-state index in [9.17, 15) is 30.6 Å². The van der Waals surface area contributed by atoms with Crippen LogP contribution in [-0.4, -0.2) is 30.6 Å². The molecule has 0 unspecified atom stereocenters. The summed E-state index contributed by atoms with van der Waals surface area (Å²) in [5.41, 5.74) is 3.56. The van der Waals surface area contributed by atoms with E-state index >= 15 is 0 Å². The summed E-state index contributed by atoms with van der Waals surface area (Å²) in [4.78, 5) is 0. The van der Waals surface area contributed by atoms with Crippen molar-refractivity contribution in [3.63, 3.8) is 0 Å². The lowest BCUT2D eigenvalue weighted by atomic mass is 9.84. The van der Waals surface area contributed by atoms with E-state index in [2.05, 4.69) is 30.3 Å². The summed E-state index contributed by atoms with van der Waals surface area (Å²) in [6.45, 7) is 1.34. The van der Waals surface area contributed by atoms with Gasteiger partial charge in [-0.3, -0.25) is 0 Å². The summed E-state index contributed by atoms with van der Waals surface area (Å²) in [5.74, 6) is -3.98. The molecule has 0 fully saturated rings. The van der Waals surface area contributed by atoms with Crippen LogP contribution >= 0.6 is 0 Å². The molecule has 48 heavy (non-hydrogen) atoms. The molecule has 0 saturated heterocycles. The molecule has 6 N–H and O–H groups in total. The summed E-state index contributed by atoms with van der Waals surface area (Å²) in [7, 11) is 0. The largest absolute Gasteiger partial charge is 0.507 e. The van der Waals surface area contributed by atoms with Crippen LogP contribution in [-0.2, 0) is 0 Å². The second-order valence-corrected chi connectivity index (χ2v) is 12.2. The first-order chi connectivity index (χ1) is 23.3. The second kappa shape index (κ2) is 9.70. The Kier molecular flexibility index (Phi) is 5.60. The highest BCUT2D eigenvalue weighted by Crippen LogP contribution is 2.59. The number of aromatic hydroxyl groups is 6. The molecular formula is C41H26O7. The number of furan rings is 1. The third-order valence-corrected chi connectivity index (χ3v) is 9.66. The van der Waals surface area contributed by atoms with Gasteiger partial charge in [-0.15, -0.1) is 0 Å². The first-order valence-corrected chi connectivity index (χ1v) is 15.4. The van der Waals surface area contributed by atoms with Crippen molar-refractivity contribution in [2.75, 3.05) is 0 Å². The Labute approximate surface area is 272 Å². The maximum Gasteiger partial charge on any atom is 0.170 e. The van der Waals surface area contributed by atoms with E-state index in [1.807, 2.05) is 72.8 Å². The van der Waals surface area contributed by atoms with E-state index in [1.165, 1.54) is 6.92 Å². The molecule has 9 rings (SSSR count). The van der Waals surface area contributed by atoms with Gasteiger partial charge in [0.15, 0.2) is 23.0 Å². The fourth-order valence-electron chi connectivity index (χ4n) is 7.37. The third-order valence-electron chi connectivity index (χ3n) is 9.66. The number of phenols is 6. The third kappa shape index (κ3) is 3.52. The molecule has 0 aliphatic rings. The van der Waals surface area contributed by atoms with Crippen LogP contribution in [0.4, 0.5) is 0 Å². The Balaban J connectivity index is 1.40. The van der Waals surface area contributed by atoms with Gasteiger partial charge in [0.25, 0.3) is 0 Å². The number of fused-ring (bicyclic) bond motifs is 8. The summed E-state index contributed by atoms with van der Waals surface area (Å²) in [5, 5.41) is 73.0. The molecule has 0 aliphatic heterocycles. The number of benzene rings is 8. The van der Waals surface area contributed by atoms with Crippen molar-refractivity contribution in [1.82, 2.24) is 0 Å². The lowest BCUT2D eigenvalue weighted by molar-refractivity contribution is 0.387. The van der Waals surface area contributed by atoms with Crippen molar-refractivity contribution >= 4 is 65.0 Å². The van der Waals surface area contributed by atoms with Crippen molar-refractivity contribution in [2.45, 2.75) is 6.92 Å².